The van der Waals surface area contributed by atoms with Crippen molar-refractivity contribution in [2.75, 3.05) is 10.6 Å². The van der Waals surface area contributed by atoms with Crippen LogP contribution in [-0.4, -0.2) is 5.11 Å². The van der Waals surface area contributed by atoms with Gasteiger partial charge in [0.25, 0.3) is 0 Å². The van der Waals surface area contributed by atoms with Gasteiger partial charge in [0, 0.05) is 11.4 Å². The number of aryl methyl sites for hydroxylation is 1. The quantitative estimate of drug-likeness (QED) is 0.423. The van der Waals surface area contributed by atoms with Gasteiger partial charge in [0.15, 0.2) is 5.11 Å². The maximum absolute atomic E-state index is 5.97. The van der Waals surface area contributed by atoms with Gasteiger partial charge in [0.1, 0.15) is 11.5 Å². The fourth-order valence-electron chi connectivity index (χ4n) is 2.85. The maximum Gasteiger partial charge on any atom is 0.175 e. The Bertz CT molecular complexity index is 946. The van der Waals surface area contributed by atoms with Gasteiger partial charge in [0.2, 0.25) is 0 Å². The zero-order valence-corrected chi connectivity index (χ0v) is 18.3. The molecule has 0 saturated heterocycles. The Kier molecular flexibility index (Phi) is 6.55. The average Bonchev–Trinajstić information content (AvgIpc) is 2.71. The van der Waals surface area contributed by atoms with Gasteiger partial charge in [0.05, 0.1) is 0 Å². The number of rotatable bonds is 6. The Morgan fingerprint density at radius 2 is 1.24 bits per heavy atom. The van der Waals surface area contributed by atoms with Crippen molar-refractivity contribution in [3.8, 4) is 11.5 Å². The van der Waals surface area contributed by atoms with E-state index in [1.807, 2.05) is 60.7 Å². The van der Waals surface area contributed by atoms with Crippen LogP contribution in [0.4, 0.5) is 11.4 Å². The van der Waals surface area contributed by atoms with E-state index in [1.54, 1.807) is 0 Å². The van der Waals surface area contributed by atoms with E-state index in [2.05, 4.69) is 50.5 Å². The molecule has 3 nitrogen and oxygen atoms in total. The molecule has 0 radical (unpaired) electrons. The molecular weight excluding hydrogens is 376 g/mol. The van der Waals surface area contributed by atoms with Crippen LogP contribution in [0.3, 0.4) is 0 Å². The molecule has 0 amide bonds. The first-order chi connectivity index (χ1) is 13.9. The molecule has 0 aliphatic carbocycles. The zero-order chi connectivity index (χ0) is 20.9. The first-order valence-electron chi connectivity index (χ1n) is 9.89. The number of ether oxygens (including phenoxy) is 1. The topological polar surface area (TPSA) is 33.3 Å². The van der Waals surface area contributed by atoms with Crippen LogP contribution in [0.25, 0.3) is 0 Å². The second kappa shape index (κ2) is 9.10. The van der Waals surface area contributed by atoms with Crippen molar-refractivity contribution >= 4 is 28.7 Å². The number of benzene rings is 3. The first kappa shape index (κ1) is 20.9. The minimum absolute atomic E-state index is 0.177. The second-order valence-corrected chi connectivity index (χ2v) is 8.24. The molecule has 0 aromatic heterocycles. The third-order valence-corrected chi connectivity index (χ3v) is 5.38. The third kappa shape index (κ3) is 5.81. The van der Waals surface area contributed by atoms with Gasteiger partial charge >= 0.3 is 0 Å². The number of anilines is 2. The molecule has 0 saturated carbocycles. The van der Waals surface area contributed by atoms with Crippen LogP contribution < -0.4 is 15.4 Å². The Morgan fingerprint density at radius 3 is 1.72 bits per heavy atom. The number of hydrogen-bond donors (Lipinski definition) is 2. The molecule has 3 aromatic rings. The summed E-state index contributed by atoms with van der Waals surface area (Å²) < 4.78 is 5.97. The molecule has 150 valence electrons. The van der Waals surface area contributed by atoms with Gasteiger partial charge in [-0.15, -0.1) is 0 Å². The predicted octanol–water partition coefficient (Wildman–Crippen LogP) is 7.28. The third-order valence-electron chi connectivity index (χ3n) is 5.18. The fraction of sp³-hybridized carbons (Fsp3) is 0.240. The van der Waals surface area contributed by atoms with Crippen molar-refractivity contribution in [2.24, 2.45) is 0 Å². The van der Waals surface area contributed by atoms with E-state index in [0.717, 1.165) is 29.3 Å². The van der Waals surface area contributed by atoms with Crippen LogP contribution in [-0.2, 0) is 5.41 Å². The van der Waals surface area contributed by atoms with E-state index in [9.17, 15) is 0 Å². The zero-order valence-electron chi connectivity index (χ0n) is 17.5. The summed E-state index contributed by atoms with van der Waals surface area (Å²) in [5.74, 6) is 1.62. The minimum Gasteiger partial charge on any atom is -0.457 e. The second-order valence-electron chi connectivity index (χ2n) is 7.83. The van der Waals surface area contributed by atoms with E-state index in [1.165, 1.54) is 11.1 Å². The lowest BCUT2D eigenvalue weighted by Gasteiger charge is -2.23. The Hall–Kier alpha value is -2.85. The largest absolute Gasteiger partial charge is 0.457 e. The fourth-order valence-corrected chi connectivity index (χ4v) is 3.09. The predicted molar refractivity (Wildman–Crippen MR) is 127 cm³/mol. The van der Waals surface area contributed by atoms with Crippen molar-refractivity contribution in [3.05, 3.63) is 83.9 Å². The normalized spacial score (nSPS) is 11.0. The van der Waals surface area contributed by atoms with Crippen LogP contribution in [0.15, 0.2) is 72.8 Å². The van der Waals surface area contributed by atoms with E-state index >= 15 is 0 Å². The Labute approximate surface area is 179 Å². The standard InChI is InChI=1S/C25H28N2OS/c1-5-25(3,4)19-8-14-22(15-9-19)28-23-16-12-21(13-17-23)27-24(29)26-20-10-6-18(2)7-11-20/h6-17H,5H2,1-4H3,(H2,26,27,29). The highest BCUT2D eigenvalue weighted by atomic mass is 32.1. The highest BCUT2D eigenvalue weighted by Crippen LogP contribution is 2.30. The lowest BCUT2D eigenvalue weighted by Crippen LogP contribution is -2.18. The number of thiocarbonyl (C=S) groups is 1. The van der Waals surface area contributed by atoms with Gasteiger partial charge in [-0.2, -0.15) is 0 Å². The molecular formula is C25H28N2OS. The van der Waals surface area contributed by atoms with Gasteiger partial charge in [-0.05, 0) is 85.1 Å². The summed E-state index contributed by atoms with van der Waals surface area (Å²) in [6.07, 6.45) is 1.10. The molecule has 3 aromatic carbocycles. The molecule has 0 fully saturated rings. The lowest BCUT2D eigenvalue weighted by molar-refractivity contribution is 0.478. The molecule has 3 rings (SSSR count). The smallest absolute Gasteiger partial charge is 0.175 e. The number of hydrogen-bond acceptors (Lipinski definition) is 2. The van der Waals surface area contributed by atoms with Crippen LogP contribution in [0, 0.1) is 6.92 Å². The monoisotopic (exact) mass is 404 g/mol. The van der Waals surface area contributed by atoms with E-state index in [4.69, 9.17) is 17.0 Å². The summed E-state index contributed by atoms with van der Waals surface area (Å²) in [6.45, 7) is 8.78. The Balaban J connectivity index is 1.57. The van der Waals surface area contributed by atoms with Gasteiger partial charge in [-0.1, -0.05) is 50.6 Å². The molecule has 29 heavy (non-hydrogen) atoms. The van der Waals surface area contributed by atoms with Crippen molar-refractivity contribution in [1.82, 2.24) is 0 Å². The van der Waals surface area contributed by atoms with Crippen LogP contribution in [0.1, 0.15) is 38.3 Å². The SMILES string of the molecule is CCC(C)(C)c1ccc(Oc2ccc(NC(=S)Nc3ccc(C)cc3)cc2)cc1. The Morgan fingerprint density at radius 1 is 0.793 bits per heavy atom. The molecule has 2 N–H and O–H groups in total. The molecule has 0 heterocycles. The number of nitrogens with one attached hydrogen (secondary N) is 2. The molecule has 0 atom stereocenters. The van der Waals surface area contributed by atoms with Crippen LogP contribution in [0.2, 0.25) is 0 Å². The van der Waals surface area contributed by atoms with Crippen molar-refractivity contribution < 1.29 is 4.74 Å². The maximum atomic E-state index is 5.97. The highest BCUT2D eigenvalue weighted by molar-refractivity contribution is 7.80. The summed E-state index contributed by atoms with van der Waals surface area (Å²) >= 11 is 5.39. The van der Waals surface area contributed by atoms with E-state index in [-0.39, 0.29) is 5.41 Å². The molecule has 0 aliphatic heterocycles. The summed E-state index contributed by atoms with van der Waals surface area (Å²) in [5, 5.41) is 6.93. The molecule has 0 spiro atoms. The molecule has 0 bridgehead atoms. The van der Waals surface area contributed by atoms with Gasteiger partial charge < -0.3 is 15.4 Å². The van der Waals surface area contributed by atoms with E-state index in [0.29, 0.717) is 5.11 Å². The highest BCUT2D eigenvalue weighted by Gasteiger charge is 2.17. The first-order valence-corrected chi connectivity index (χ1v) is 10.3. The lowest BCUT2D eigenvalue weighted by atomic mass is 9.82. The van der Waals surface area contributed by atoms with Crippen LogP contribution in [0.5, 0.6) is 11.5 Å². The molecule has 0 unspecified atom stereocenters. The summed E-state index contributed by atoms with van der Waals surface area (Å²) in [6, 6.07) is 24.2. The van der Waals surface area contributed by atoms with Crippen molar-refractivity contribution in [3.63, 3.8) is 0 Å². The molecule has 4 heteroatoms. The van der Waals surface area contributed by atoms with Crippen molar-refractivity contribution in [2.45, 2.75) is 39.5 Å². The summed E-state index contributed by atoms with van der Waals surface area (Å²) in [7, 11) is 0. The summed E-state index contributed by atoms with van der Waals surface area (Å²) in [4.78, 5) is 0. The minimum atomic E-state index is 0.177. The van der Waals surface area contributed by atoms with Gasteiger partial charge in [-0.3, -0.25) is 0 Å². The van der Waals surface area contributed by atoms with Crippen LogP contribution >= 0.6 is 12.2 Å². The van der Waals surface area contributed by atoms with Gasteiger partial charge in [-0.25, -0.2) is 0 Å². The molecule has 0 aliphatic rings. The summed E-state index contributed by atoms with van der Waals surface area (Å²) in [5.41, 5.74) is 4.58. The average molecular weight is 405 g/mol. The van der Waals surface area contributed by atoms with E-state index < -0.39 is 0 Å². The van der Waals surface area contributed by atoms with Crippen molar-refractivity contribution in [1.29, 1.82) is 0 Å².